The van der Waals surface area contributed by atoms with Crippen LogP contribution in [-0.2, 0) is 26.2 Å². The molecule has 1 aliphatic rings. The van der Waals surface area contributed by atoms with E-state index in [9.17, 15) is 0 Å². The predicted molar refractivity (Wildman–Crippen MR) is 171 cm³/mol. The van der Waals surface area contributed by atoms with Gasteiger partial charge in [-0.3, -0.25) is 14.8 Å². The van der Waals surface area contributed by atoms with E-state index in [1.54, 1.807) is 0 Å². The number of pyridine rings is 1. The highest BCUT2D eigenvalue weighted by Gasteiger charge is 2.22. The maximum atomic E-state index is 5.05. The number of hydrogen-bond acceptors (Lipinski definition) is 5. The van der Waals surface area contributed by atoms with E-state index in [1.807, 2.05) is 0 Å². The standard InChI is InChI=1S/C36H42N6/c1-29-11-10-16-33(38-29)27-42-35-18-9-8-17-34(35)39-36(42)28-40-22-19-32(20-23-40)37-21-24-41(25-30-12-4-2-5-13-30)26-31-14-6-3-7-15-31/h2-18,32,37H,19-28H2,1H3. The molecule has 216 valence electrons. The van der Waals surface area contributed by atoms with Gasteiger partial charge in [-0.2, -0.15) is 0 Å². The lowest BCUT2D eigenvalue weighted by atomic mass is 10.0. The normalized spacial score (nSPS) is 14.6. The largest absolute Gasteiger partial charge is 0.321 e. The Labute approximate surface area is 250 Å². The van der Waals surface area contributed by atoms with Crippen LogP contribution >= 0.6 is 0 Å². The third-order valence-electron chi connectivity index (χ3n) is 8.31. The zero-order valence-electron chi connectivity index (χ0n) is 24.7. The Morgan fingerprint density at radius 2 is 1.40 bits per heavy atom. The van der Waals surface area contributed by atoms with Crippen molar-refractivity contribution < 1.29 is 0 Å². The molecule has 3 heterocycles. The van der Waals surface area contributed by atoms with Crippen molar-refractivity contribution in [2.24, 2.45) is 0 Å². The summed E-state index contributed by atoms with van der Waals surface area (Å²) in [5.74, 6) is 1.13. The molecular formula is C36H42N6. The molecule has 6 nitrogen and oxygen atoms in total. The van der Waals surface area contributed by atoms with Crippen LogP contribution in [0.2, 0.25) is 0 Å². The minimum absolute atomic E-state index is 0.562. The van der Waals surface area contributed by atoms with Crippen LogP contribution in [-0.4, -0.2) is 56.6 Å². The van der Waals surface area contributed by atoms with E-state index >= 15 is 0 Å². The molecule has 0 unspecified atom stereocenters. The van der Waals surface area contributed by atoms with Gasteiger partial charge in [-0.05, 0) is 55.2 Å². The van der Waals surface area contributed by atoms with Gasteiger partial charge < -0.3 is 9.88 Å². The van der Waals surface area contributed by atoms with Crippen molar-refractivity contribution in [3.8, 4) is 0 Å². The van der Waals surface area contributed by atoms with Gasteiger partial charge in [0.1, 0.15) is 5.82 Å². The van der Waals surface area contributed by atoms with Crippen molar-refractivity contribution in [3.63, 3.8) is 0 Å². The summed E-state index contributed by atoms with van der Waals surface area (Å²) in [6, 6.07) is 36.9. The highest BCUT2D eigenvalue weighted by molar-refractivity contribution is 5.76. The molecule has 1 saturated heterocycles. The molecule has 0 bridgehead atoms. The van der Waals surface area contributed by atoms with Crippen LogP contribution in [0.25, 0.3) is 11.0 Å². The average Bonchev–Trinajstić information content (AvgIpc) is 3.35. The highest BCUT2D eigenvalue weighted by Crippen LogP contribution is 2.21. The van der Waals surface area contributed by atoms with Gasteiger partial charge in [0.15, 0.2) is 0 Å². The number of fused-ring (bicyclic) bond motifs is 1. The molecule has 0 spiro atoms. The first-order valence-electron chi connectivity index (χ1n) is 15.3. The molecular weight excluding hydrogens is 516 g/mol. The number of aryl methyl sites for hydroxylation is 1. The molecule has 2 aromatic heterocycles. The smallest absolute Gasteiger partial charge is 0.124 e. The Balaban J connectivity index is 1.03. The summed E-state index contributed by atoms with van der Waals surface area (Å²) in [6.45, 7) is 9.81. The number of aromatic nitrogens is 3. The lowest BCUT2D eigenvalue weighted by molar-refractivity contribution is 0.179. The second-order valence-electron chi connectivity index (χ2n) is 11.6. The van der Waals surface area contributed by atoms with Gasteiger partial charge in [0, 0.05) is 51.0 Å². The Kier molecular flexibility index (Phi) is 9.35. The lowest BCUT2D eigenvalue weighted by Crippen LogP contribution is -2.44. The summed E-state index contributed by atoms with van der Waals surface area (Å²) >= 11 is 0. The topological polar surface area (TPSA) is 49.2 Å². The van der Waals surface area contributed by atoms with Crippen LogP contribution in [0.4, 0.5) is 0 Å². The minimum Gasteiger partial charge on any atom is -0.321 e. The fraction of sp³-hybridized carbons (Fsp3) is 0.333. The number of imidazole rings is 1. The zero-order valence-corrected chi connectivity index (χ0v) is 24.7. The lowest BCUT2D eigenvalue weighted by Gasteiger charge is -2.33. The third-order valence-corrected chi connectivity index (χ3v) is 8.31. The number of likely N-dealkylation sites (tertiary alicyclic amines) is 1. The molecule has 0 saturated carbocycles. The average molecular weight is 559 g/mol. The molecule has 5 aromatic rings. The van der Waals surface area contributed by atoms with Gasteiger partial charge in [0.05, 0.1) is 29.8 Å². The van der Waals surface area contributed by atoms with Crippen molar-refractivity contribution in [2.45, 2.75) is 52.0 Å². The first kappa shape index (κ1) is 28.3. The van der Waals surface area contributed by atoms with Crippen molar-refractivity contribution in [2.75, 3.05) is 26.2 Å². The molecule has 0 amide bonds. The number of para-hydroxylation sites is 2. The van der Waals surface area contributed by atoms with Crippen LogP contribution in [0.1, 0.15) is 41.2 Å². The maximum absolute atomic E-state index is 5.05. The van der Waals surface area contributed by atoms with Crippen LogP contribution in [0.15, 0.2) is 103 Å². The molecule has 42 heavy (non-hydrogen) atoms. The fourth-order valence-corrected chi connectivity index (χ4v) is 6.09. The minimum atomic E-state index is 0.562. The van der Waals surface area contributed by atoms with Gasteiger partial charge in [-0.1, -0.05) is 78.9 Å². The highest BCUT2D eigenvalue weighted by atomic mass is 15.2. The summed E-state index contributed by atoms with van der Waals surface area (Å²) in [4.78, 5) is 14.9. The summed E-state index contributed by atoms with van der Waals surface area (Å²) in [5, 5.41) is 3.88. The number of nitrogens with one attached hydrogen (secondary N) is 1. The summed E-state index contributed by atoms with van der Waals surface area (Å²) < 4.78 is 2.36. The summed E-state index contributed by atoms with van der Waals surface area (Å²) in [6.07, 6.45) is 2.33. The molecule has 6 heteroatoms. The number of benzene rings is 3. The molecule has 1 fully saturated rings. The van der Waals surface area contributed by atoms with Crippen LogP contribution in [0.5, 0.6) is 0 Å². The SMILES string of the molecule is Cc1cccc(Cn2c(CN3CCC(NCCN(Cc4ccccc4)Cc4ccccc4)CC3)nc3ccccc32)n1. The second-order valence-corrected chi connectivity index (χ2v) is 11.6. The molecule has 0 radical (unpaired) electrons. The van der Waals surface area contributed by atoms with E-state index in [1.165, 1.54) is 16.6 Å². The fourth-order valence-electron chi connectivity index (χ4n) is 6.09. The van der Waals surface area contributed by atoms with Crippen LogP contribution in [0.3, 0.4) is 0 Å². The Morgan fingerprint density at radius 3 is 2.10 bits per heavy atom. The molecule has 6 rings (SSSR count). The first-order chi connectivity index (χ1) is 20.7. The third kappa shape index (κ3) is 7.51. The van der Waals surface area contributed by atoms with E-state index in [0.717, 1.165) is 87.9 Å². The van der Waals surface area contributed by atoms with Crippen molar-refractivity contribution >= 4 is 11.0 Å². The van der Waals surface area contributed by atoms with E-state index in [0.29, 0.717) is 6.04 Å². The monoisotopic (exact) mass is 558 g/mol. The molecule has 1 N–H and O–H groups in total. The number of piperidine rings is 1. The molecule has 1 aliphatic heterocycles. The number of hydrogen-bond donors (Lipinski definition) is 1. The maximum Gasteiger partial charge on any atom is 0.124 e. The van der Waals surface area contributed by atoms with Crippen LogP contribution in [0, 0.1) is 6.92 Å². The first-order valence-corrected chi connectivity index (χ1v) is 15.3. The second kappa shape index (κ2) is 13.9. The summed E-state index contributed by atoms with van der Waals surface area (Å²) in [5.41, 5.74) is 7.11. The van der Waals surface area contributed by atoms with Crippen molar-refractivity contribution in [1.82, 2.24) is 29.7 Å². The van der Waals surface area contributed by atoms with Crippen molar-refractivity contribution in [1.29, 1.82) is 0 Å². The van der Waals surface area contributed by atoms with Crippen LogP contribution < -0.4 is 5.32 Å². The molecule has 0 atom stereocenters. The Bertz CT molecular complexity index is 1500. The zero-order chi connectivity index (χ0) is 28.6. The van der Waals surface area contributed by atoms with Gasteiger partial charge in [0.25, 0.3) is 0 Å². The predicted octanol–water partition coefficient (Wildman–Crippen LogP) is 6.04. The van der Waals surface area contributed by atoms with Gasteiger partial charge in [-0.15, -0.1) is 0 Å². The van der Waals surface area contributed by atoms with E-state index in [-0.39, 0.29) is 0 Å². The molecule has 0 aliphatic carbocycles. The number of rotatable bonds is 12. The Morgan fingerprint density at radius 1 is 0.738 bits per heavy atom. The van der Waals surface area contributed by atoms with Gasteiger partial charge in [-0.25, -0.2) is 4.98 Å². The Hall–Kier alpha value is -3.84. The summed E-state index contributed by atoms with van der Waals surface area (Å²) in [7, 11) is 0. The molecule has 3 aromatic carbocycles. The van der Waals surface area contributed by atoms with Gasteiger partial charge in [0.2, 0.25) is 0 Å². The van der Waals surface area contributed by atoms with E-state index in [4.69, 9.17) is 9.97 Å². The van der Waals surface area contributed by atoms with Crippen molar-refractivity contribution in [3.05, 3.63) is 131 Å². The van der Waals surface area contributed by atoms with E-state index < -0.39 is 0 Å². The number of nitrogens with zero attached hydrogens (tertiary/aromatic N) is 5. The van der Waals surface area contributed by atoms with Gasteiger partial charge >= 0.3 is 0 Å². The quantitative estimate of drug-likeness (QED) is 0.202. The van der Waals surface area contributed by atoms with E-state index in [2.05, 4.69) is 130 Å².